The summed E-state index contributed by atoms with van der Waals surface area (Å²) in [5, 5.41) is 2.00. The van der Waals surface area contributed by atoms with Crippen LogP contribution in [-0.2, 0) is 10.1 Å². The summed E-state index contributed by atoms with van der Waals surface area (Å²) in [4.78, 5) is 2.71. The number of nitrogens with one attached hydrogen (secondary N) is 1. The summed E-state index contributed by atoms with van der Waals surface area (Å²) in [5.74, 6) is 0. The number of H-pyrrole nitrogens is 1. The molecule has 3 rings (SSSR count). The highest BCUT2D eigenvalue weighted by atomic mass is 79.9. The van der Waals surface area contributed by atoms with Gasteiger partial charge in [0.15, 0.2) is 0 Å². The van der Waals surface area contributed by atoms with E-state index in [0.29, 0.717) is 25.8 Å². The minimum absolute atomic E-state index is 0.210. The maximum absolute atomic E-state index is 11.5. The van der Waals surface area contributed by atoms with Crippen molar-refractivity contribution < 1.29 is 13.0 Å². The van der Waals surface area contributed by atoms with Crippen molar-refractivity contribution in [3.63, 3.8) is 0 Å². The summed E-state index contributed by atoms with van der Waals surface area (Å²) in [5.41, 5.74) is 0.964. The first-order valence-corrected chi connectivity index (χ1v) is 8.34. The summed E-state index contributed by atoms with van der Waals surface area (Å²) in [6, 6.07) is 6.20. The zero-order chi connectivity index (χ0) is 14.7. The van der Waals surface area contributed by atoms with E-state index in [1.165, 1.54) is 6.07 Å². The van der Waals surface area contributed by atoms with Crippen LogP contribution in [0.3, 0.4) is 0 Å². The van der Waals surface area contributed by atoms with Crippen molar-refractivity contribution in [3.8, 4) is 0 Å². The van der Waals surface area contributed by atoms with Crippen molar-refractivity contribution in [1.82, 2.24) is 4.98 Å². The Bertz CT molecular complexity index is 966. The first-order valence-electron chi connectivity index (χ1n) is 5.35. The quantitative estimate of drug-likeness (QED) is 0.590. The van der Waals surface area contributed by atoms with Gasteiger partial charge in [0.25, 0.3) is 10.1 Å². The normalized spacial score (nSPS) is 12.4. The van der Waals surface area contributed by atoms with Crippen LogP contribution in [0, 0.1) is 0 Å². The molecule has 20 heavy (non-hydrogen) atoms. The van der Waals surface area contributed by atoms with E-state index in [1.54, 1.807) is 18.2 Å². The molecule has 0 unspecified atom stereocenters. The van der Waals surface area contributed by atoms with Gasteiger partial charge in [-0.25, -0.2) is 0 Å². The highest BCUT2D eigenvalue weighted by molar-refractivity contribution is 9.10. The molecule has 2 aromatic carbocycles. The predicted octanol–water partition coefficient (Wildman–Crippen LogP) is 4.64. The smallest absolute Gasteiger partial charge is 0.296 e. The fraction of sp³-hybridized carbons (Fsp3) is 0. The molecule has 3 aromatic rings. The molecule has 0 saturated carbocycles. The van der Waals surface area contributed by atoms with Crippen LogP contribution in [0.5, 0.6) is 0 Å². The lowest BCUT2D eigenvalue weighted by atomic mass is 10.1. The van der Waals surface area contributed by atoms with Crippen LogP contribution in [0.15, 0.2) is 33.6 Å². The van der Waals surface area contributed by atoms with Gasteiger partial charge in [-0.3, -0.25) is 4.55 Å². The number of hydrogen-bond acceptors (Lipinski definition) is 2. The summed E-state index contributed by atoms with van der Waals surface area (Å²) in [6.45, 7) is 0. The molecular weight excluding hydrogens is 389 g/mol. The number of aromatic amines is 1. The second-order valence-electron chi connectivity index (χ2n) is 4.24. The Morgan fingerprint density at radius 1 is 1.00 bits per heavy atom. The zero-order valence-corrected chi connectivity index (χ0v) is 13.5. The number of fused-ring (bicyclic) bond motifs is 3. The number of hydrogen-bond donors (Lipinski definition) is 2. The molecule has 0 amide bonds. The molecule has 1 aromatic heterocycles. The van der Waals surface area contributed by atoms with Gasteiger partial charge in [0.1, 0.15) is 4.90 Å². The molecule has 1 heterocycles. The molecule has 0 bridgehead atoms. The largest absolute Gasteiger partial charge is 0.352 e. The van der Waals surface area contributed by atoms with Crippen LogP contribution in [0.2, 0.25) is 10.0 Å². The van der Waals surface area contributed by atoms with Crippen LogP contribution in [-0.4, -0.2) is 18.0 Å². The summed E-state index contributed by atoms with van der Waals surface area (Å²) >= 11 is 15.3. The maximum atomic E-state index is 11.5. The Morgan fingerprint density at radius 3 is 2.15 bits per heavy atom. The van der Waals surface area contributed by atoms with Gasteiger partial charge >= 0.3 is 0 Å². The molecule has 104 valence electrons. The van der Waals surface area contributed by atoms with Crippen LogP contribution < -0.4 is 0 Å². The van der Waals surface area contributed by atoms with Gasteiger partial charge in [-0.1, -0.05) is 23.2 Å². The van der Waals surface area contributed by atoms with E-state index in [4.69, 9.17) is 23.2 Å². The third-order valence-corrected chi connectivity index (χ3v) is 4.88. The van der Waals surface area contributed by atoms with Crippen LogP contribution in [0.4, 0.5) is 0 Å². The van der Waals surface area contributed by atoms with Crippen LogP contribution >= 0.6 is 39.1 Å². The fourth-order valence-corrected chi connectivity index (χ4v) is 4.05. The van der Waals surface area contributed by atoms with E-state index in [-0.39, 0.29) is 15.4 Å². The van der Waals surface area contributed by atoms with E-state index in [9.17, 15) is 13.0 Å². The van der Waals surface area contributed by atoms with Gasteiger partial charge in [-0.2, -0.15) is 8.42 Å². The van der Waals surface area contributed by atoms with E-state index >= 15 is 0 Å². The van der Waals surface area contributed by atoms with Crippen molar-refractivity contribution in [1.29, 1.82) is 0 Å². The molecule has 0 fully saturated rings. The van der Waals surface area contributed by atoms with Gasteiger partial charge in [-0.05, 0) is 40.2 Å². The lowest BCUT2D eigenvalue weighted by Crippen LogP contribution is -1.99. The molecule has 0 aliphatic heterocycles. The molecule has 0 atom stereocenters. The molecule has 0 aliphatic rings. The van der Waals surface area contributed by atoms with E-state index in [0.717, 1.165) is 0 Å². The van der Waals surface area contributed by atoms with Gasteiger partial charge in [-0.15, -0.1) is 0 Å². The Labute approximate surface area is 132 Å². The Morgan fingerprint density at radius 2 is 1.55 bits per heavy atom. The molecule has 8 heteroatoms. The Balaban J connectivity index is 2.61. The van der Waals surface area contributed by atoms with Gasteiger partial charge in [0, 0.05) is 25.3 Å². The summed E-state index contributed by atoms with van der Waals surface area (Å²) < 4.78 is 32.9. The molecule has 2 N–H and O–H groups in total. The van der Waals surface area contributed by atoms with Crippen molar-refractivity contribution in [3.05, 3.63) is 38.8 Å². The van der Waals surface area contributed by atoms with Crippen molar-refractivity contribution in [2.45, 2.75) is 4.90 Å². The summed E-state index contributed by atoms with van der Waals surface area (Å²) in [6.07, 6.45) is 0. The lowest BCUT2D eigenvalue weighted by Gasteiger charge is -2.00. The Hall–Kier alpha value is -0.790. The maximum Gasteiger partial charge on any atom is 0.296 e. The highest BCUT2D eigenvalue weighted by Gasteiger charge is 2.19. The van der Waals surface area contributed by atoms with E-state index < -0.39 is 10.1 Å². The van der Waals surface area contributed by atoms with Gasteiger partial charge in [0.2, 0.25) is 0 Å². The number of benzene rings is 2. The number of aromatic nitrogens is 1. The van der Waals surface area contributed by atoms with Gasteiger partial charge in [0.05, 0.1) is 11.0 Å². The first-order chi connectivity index (χ1) is 9.27. The Kier molecular flexibility index (Phi) is 3.26. The van der Waals surface area contributed by atoms with Gasteiger partial charge < -0.3 is 4.98 Å². The van der Waals surface area contributed by atoms with Crippen LogP contribution in [0.25, 0.3) is 21.8 Å². The molecule has 0 radical (unpaired) electrons. The molecular formula is C12H6BrCl2NO3S. The van der Waals surface area contributed by atoms with Crippen LogP contribution in [0.1, 0.15) is 0 Å². The lowest BCUT2D eigenvalue weighted by molar-refractivity contribution is 0.484. The second kappa shape index (κ2) is 4.61. The van der Waals surface area contributed by atoms with Crippen molar-refractivity contribution >= 4 is 71.1 Å². The monoisotopic (exact) mass is 393 g/mol. The third-order valence-electron chi connectivity index (χ3n) is 2.94. The van der Waals surface area contributed by atoms with E-state index in [2.05, 4.69) is 20.9 Å². The molecule has 0 spiro atoms. The predicted molar refractivity (Wildman–Crippen MR) is 83.3 cm³/mol. The zero-order valence-electron chi connectivity index (χ0n) is 9.62. The molecule has 0 aliphatic carbocycles. The second-order valence-corrected chi connectivity index (χ2v) is 7.35. The topological polar surface area (TPSA) is 70.2 Å². The van der Waals surface area contributed by atoms with E-state index in [1.807, 2.05) is 0 Å². The van der Waals surface area contributed by atoms with Crippen molar-refractivity contribution in [2.24, 2.45) is 0 Å². The first kappa shape index (κ1) is 14.2. The minimum atomic E-state index is -4.39. The average molecular weight is 395 g/mol. The molecule has 0 saturated heterocycles. The highest BCUT2D eigenvalue weighted by Crippen LogP contribution is 2.37. The fourth-order valence-electron chi connectivity index (χ4n) is 2.16. The third kappa shape index (κ3) is 2.21. The summed E-state index contributed by atoms with van der Waals surface area (Å²) in [7, 11) is -4.39. The number of halogens is 3. The van der Waals surface area contributed by atoms with Crippen molar-refractivity contribution in [2.75, 3.05) is 0 Å². The SMILES string of the molecule is O=S(=O)(O)c1cc(Cl)cc2c1[nH]c1c(Br)cc(Cl)cc12. The molecule has 4 nitrogen and oxygen atoms in total. The minimum Gasteiger partial charge on any atom is -0.352 e. The standard InChI is InChI=1S/C12H6BrCl2NO3S/c13-9-3-5(14)1-7-8-2-6(15)4-10(20(17,18)19)12(8)16-11(7)9/h1-4,16H,(H,17,18,19). The number of rotatable bonds is 1. The average Bonchev–Trinajstić information content (AvgIpc) is 2.66.